The monoisotopic (exact) mass is 287 g/mol. The normalized spacial score (nSPS) is 10.2. The van der Waals surface area contributed by atoms with Crippen LogP contribution in [-0.2, 0) is 0 Å². The van der Waals surface area contributed by atoms with Gasteiger partial charge in [-0.2, -0.15) is 0 Å². The quantitative estimate of drug-likeness (QED) is 0.797. The molecular weight excluding hydrogens is 269 g/mol. The summed E-state index contributed by atoms with van der Waals surface area (Å²) in [6.45, 7) is 3.01. The first-order valence-electron chi connectivity index (χ1n) is 6.96. The Morgan fingerprint density at radius 1 is 1.24 bits per heavy atom. The Morgan fingerprint density at radius 3 is 2.71 bits per heavy atom. The van der Waals surface area contributed by atoms with Gasteiger partial charge in [0.2, 0.25) is 0 Å². The lowest BCUT2D eigenvalue weighted by Gasteiger charge is -2.08. The van der Waals surface area contributed by atoms with Crippen LogP contribution < -0.4 is 10.6 Å². The van der Waals surface area contributed by atoms with Crippen molar-refractivity contribution in [2.24, 2.45) is 0 Å². The van der Waals surface area contributed by atoms with Crippen LogP contribution in [0.25, 0.3) is 0 Å². The lowest BCUT2D eigenvalue weighted by atomic mass is 10.2. The standard InChI is InChI=1S/C16H18FN3O/c1-2-3-10-18-12-8-9-15(19-11-12)20-16(21)13-6-4-5-7-14(13)17/h4-9,11,18H,2-3,10H2,1H3,(H,19,20,21). The number of amides is 1. The Hall–Kier alpha value is -2.43. The highest BCUT2D eigenvalue weighted by molar-refractivity contribution is 6.03. The zero-order valence-corrected chi connectivity index (χ0v) is 11.9. The van der Waals surface area contributed by atoms with Crippen molar-refractivity contribution in [3.8, 4) is 0 Å². The lowest BCUT2D eigenvalue weighted by Crippen LogP contribution is -2.14. The minimum absolute atomic E-state index is 0.00412. The zero-order valence-electron chi connectivity index (χ0n) is 11.9. The Kier molecular flexibility index (Phi) is 5.26. The van der Waals surface area contributed by atoms with Crippen molar-refractivity contribution >= 4 is 17.4 Å². The molecule has 0 saturated heterocycles. The molecule has 4 nitrogen and oxygen atoms in total. The number of carbonyl (C=O) groups is 1. The third-order valence-corrected chi connectivity index (χ3v) is 2.98. The highest BCUT2D eigenvalue weighted by atomic mass is 19.1. The minimum Gasteiger partial charge on any atom is -0.384 e. The maximum atomic E-state index is 13.5. The van der Waals surface area contributed by atoms with Gasteiger partial charge < -0.3 is 10.6 Å². The van der Waals surface area contributed by atoms with Crippen molar-refractivity contribution < 1.29 is 9.18 Å². The van der Waals surface area contributed by atoms with E-state index in [9.17, 15) is 9.18 Å². The van der Waals surface area contributed by atoms with Gasteiger partial charge in [0.15, 0.2) is 0 Å². The van der Waals surface area contributed by atoms with Gasteiger partial charge in [-0.25, -0.2) is 9.37 Å². The zero-order chi connectivity index (χ0) is 15.1. The molecule has 21 heavy (non-hydrogen) atoms. The molecule has 0 saturated carbocycles. The van der Waals surface area contributed by atoms with Crippen LogP contribution in [0.2, 0.25) is 0 Å². The average molecular weight is 287 g/mol. The van der Waals surface area contributed by atoms with Crippen LogP contribution in [0.15, 0.2) is 42.6 Å². The second-order valence-corrected chi connectivity index (χ2v) is 4.65. The first-order valence-corrected chi connectivity index (χ1v) is 6.96. The molecule has 0 aliphatic heterocycles. The van der Waals surface area contributed by atoms with Crippen molar-refractivity contribution in [3.63, 3.8) is 0 Å². The van der Waals surface area contributed by atoms with Crippen molar-refractivity contribution in [1.29, 1.82) is 0 Å². The summed E-state index contributed by atoms with van der Waals surface area (Å²) in [6, 6.07) is 9.37. The molecule has 0 atom stereocenters. The number of anilines is 2. The van der Waals surface area contributed by atoms with E-state index in [1.54, 1.807) is 24.4 Å². The number of unbranched alkanes of at least 4 members (excludes halogenated alkanes) is 1. The van der Waals surface area contributed by atoms with E-state index in [1.807, 2.05) is 6.07 Å². The summed E-state index contributed by atoms with van der Waals surface area (Å²) in [5.41, 5.74) is 0.900. The highest BCUT2D eigenvalue weighted by Gasteiger charge is 2.11. The van der Waals surface area contributed by atoms with E-state index in [-0.39, 0.29) is 5.56 Å². The number of hydrogen-bond donors (Lipinski definition) is 2. The molecule has 2 rings (SSSR count). The van der Waals surface area contributed by atoms with Gasteiger partial charge in [0.25, 0.3) is 5.91 Å². The van der Waals surface area contributed by atoms with E-state index in [0.717, 1.165) is 25.1 Å². The first-order chi connectivity index (χ1) is 10.2. The maximum Gasteiger partial charge on any atom is 0.259 e. The molecule has 0 aliphatic carbocycles. The van der Waals surface area contributed by atoms with Crippen LogP contribution in [-0.4, -0.2) is 17.4 Å². The average Bonchev–Trinajstić information content (AvgIpc) is 2.49. The fraction of sp³-hybridized carbons (Fsp3) is 0.250. The molecule has 2 aromatic rings. The van der Waals surface area contributed by atoms with Crippen LogP contribution in [0.3, 0.4) is 0 Å². The molecular formula is C16H18FN3O. The predicted molar refractivity (Wildman–Crippen MR) is 82.0 cm³/mol. The molecule has 0 radical (unpaired) electrons. The second-order valence-electron chi connectivity index (χ2n) is 4.65. The summed E-state index contributed by atoms with van der Waals surface area (Å²) >= 11 is 0. The lowest BCUT2D eigenvalue weighted by molar-refractivity contribution is 0.102. The van der Waals surface area contributed by atoms with Gasteiger partial charge in [0, 0.05) is 6.54 Å². The van der Waals surface area contributed by atoms with Crippen LogP contribution in [0.1, 0.15) is 30.1 Å². The first kappa shape index (κ1) is 15.0. The molecule has 0 aliphatic rings. The number of nitrogens with zero attached hydrogens (tertiary/aromatic N) is 1. The predicted octanol–water partition coefficient (Wildman–Crippen LogP) is 3.69. The summed E-state index contributed by atoms with van der Waals surface area (Å²) in [7, 11) is 0. The van der Waals surface area contributed by atoms with Crippen LogP contribution in [0.4, 0.5) is 15.9 Å². The van der Waals surface area contributed by atoms with Crippen molar-refractivity contribution in [3.05, 3.63) is 54.0 Å². The number of pyridine rings is 1. The number of benzene rings is 1. The van der Waals surface area contributed by atoms with Gasteiger partial charge in [-0.15, -0.1) is 0 Å². The number of nitrogens with one attached hydrogen (secondary N) is 2. The fourth-order valence-electron chi connectivity index (χ4n) is 1.81. The van der Waals surface area contributed by atoms with E-state index >= 15 is 0 Å². The van der Waals surface area contributed by atoms with Gasteiger partial charge >= 0.3 is 0 Å². The van der Waals surface area contributed by atoms with E-state index in [4.69, 9.17) is 0 Å². The Balaban J connectivity index is 1.97. The molecule has 0 fully saturated rings. The largest absolute Gasteiger partial charge is 0.384 e. The van der Waals surface area contributed by atoms with Crippen LogP contribution >= 0.6 is 0 Å². The molecule has 2 N–H and O–H groups in total. The maximum absolute atomic E-state index is 13.5. The molecule has 1 aromatic heterocycles. The van der Waals surface area contributed by atoms with E-state index in [0.29, 0.717) is 5.82 Å². The van der Waals surface area contributed by atoms with Crippen LogP contribution in [0.5, 0.6) is 0 Å². The molecule has 110 valence electrons. The second kappa shape index (κ2) is 7.38. The number of carbonyl (C=O) groups excluding carboxylic acids is 1. The molecule has 0 unspecified atom stereocenters. The fourth-order valence-corrected chi connectivity index (χ4v) is 1.81. The van der Waals surface area contributed by atoms with Crippen molar-refractivity contribution in [2.75, 3.05) is 17.2 Å². The van der Waals surface area contributed by atoms with Crippen molar-refractivity contribution in [2.45, 2.75) is 19.8 Å². The Labute approximate surface area is 123 Å². The Morgan fingerprint density at radius 2 is 2.05 bits per heavy atom. The SMILES string of the molecule is CCCCNc1ccc(NC(=O)c2ccccc2F)nc1. The minimum atomic E-state index is -0.548. The van der Waals surface area contributed by atoms with E-state index in [2.05, 4.69) is 22.5 Å². The van der Waals surface area contributed by atoms with Gasteiger partial charge in [-0.3, -0.25) is 4.79 Å². The van der Waals surface area contributed by atoms with Gasteiger partial charge in [0.1, 0.15) is 11.6 Å². The van der Waals surface area contributed by atoms with E-state index in [1.165, 1.54) is 12.1 Å². The van der Waals surface area contributed by atoms with Gasteiger partial charge in [-0.05, 0) is 30.7 Å². The van der Waals surface area contributed by atoms with Gasteiger partial charge in [-0.1, -0.05) is 25.5 Å². The third kappa shape index (κ3) is 4.27. The number of aromatic nitrogens is 1. The molecule has 0 spiro atoms. The van der Waals surface area contributed by atoms with Crippen LogP contribution in [0, 0.1) is 5.82 Å². The van der Waals surface area contributed by atoms with Gasteiger partial charge in [0.05, 0.1) is 17.4 Å². The number of rotatable bonds is 6. The molecule has 1 amide bonds. The number of halogens is 1. The molecule has 5 heteroatoms. The Bertz CT molecular complexity index is 599. The molecule has 0 bridgehead atoms. The smallest absolute Gasteiger partial charge is 0.259 e. The highest BCUT2D eigenvalue weighted by Crippen LogP contribution is 2.12. The van der Waals surface area contributed by atoms with E-state index < -0.39 is 11.7 Å². The summed E-state index contributed by atoms with van der Waals surface area (Å²) < 4.78 is 13.5. The molecule has 1 aromatic carbocycles. The third-order valence-electron chi connectivity index (χ3n) is 2.98. The molecule has 1 heterocycles. The summed E-state index contributed by atoms with van der Waals surface area (Å²) in [6.07, 6.45) is 3.86. The summed E-state index contributed by atoms with van der Waals surface area (Å²) in [5, 5.41) is 5.81. The summed E-state index contributed by atoms with van der Waals surface area (Å²) in [4.78, 5) is 16.1. The summed E-state index contributed by atoms with van der Waals surface area (Å²) in [5.74, 6) is -0.663. The van der Waals surface area contributed by atoms with Crippen molar-refractivity contribution in [1.82, 2.24) is 4.98 Å². The number of hydrogen-bond acceptors (Lipinski definition) is 3. The topological polar surface area (TPSA) is 54.0 Å².